The Bertz CT molecular complexity index is 841. The number of hydrogen-bond donors (Lipinski definition) is 1. The van der Waals surface area contributed by atoms with Crippen molar-refractivity contribution in [2.45, 2.75) is 58.7 Å². The zero-order valence-electron chi connectivity index (χ0n) is 17.1. The van der Waals surface area contributed by atoms with Gasteiger partial charge in [-0.2, -0.15) is 0 Å². The number of carbonyl (C=O) groups excluding carboxylic acids is 2. The fourth-order valence-electron chi connectivity index (χ4n) is 2.97. The molecule has 0 aliphatic rings. The van der Waals surface area contributed by atoms with Crippen LogP contribution >= 0.6 is 23.2 Å². The summed E-state index contributed by atoms with van der Waals surface area (Å²) in [7, 11) is 0. The number of nitrogens with one attached hydrogen (secondary N) is 1. The molecule has 2 aromatic rings. The smallest absolute Gasteiger partial charge is 0.242 e. The molecule has 6 heteroatoms. The highest BCUT2D eigenvalue weighted by molar-refractivity contribution is 6.31. The van der Waals surface area contributed by atoms with E-state index in [2.05, 4.69) is 5.32 Å². The second-order valence-electron chi connectivity index (χ2n) is 7.24. The first-order valence-corrected chi connectivity index (χ1v) is 10.6. The molecule has 4 nitrogen and oxygen atoms in total. The molecule has 2 aromatic carbocycles. The quantitative estimate of drug-likeness (QED) is 0.584. The lowest BCUT2D eigenvalue weighted by Crippen LogP contribution is -2.49. The normalized spacial score (nSPS) is 12.9. The highest BCUT2D eigenvalue weighted by atomic mass is 35.5. The number of halogens is 2. The molecule has 0 heterocycles. The first-order valence-electron chi connectivity index (χ1n) is 9.89. The molecule has 0 bridgehead atoms. The van der Waals surface area contributed by atoms with E-state index in [0.717, 1.165) is 17.5 Å². The Morgan fingerprint density at radius 3 is 2.45 bits per heavy atom. The van der Waals surface area contributed by atoms with Crippen LogP contribution in [-0.4, -0.2) is 28.8 Å². The molecule has 0 aliphatic carbocycles. The Labute approximate surface area is 183 Å². The van der Waals surface area contributed by atoms with Gasteiger partial charge in [-0.05, 0) is 56.0 Å². The van der Waals surface area contributed by atoms with Crippen LogP contribution in [0.4, 0.5) is 0 Å². The molecule has 0 saturated carbocycles. The van der Waals surface area contributed by atoms with E-state index in [-0.39, 0.29) is 24.3 Å². The van der Waals surface area contributed by atoms with Gasteiger partial charge in [-0.25, -0.2) is 0 Å². The van der Waals surface area contributed by atoms with Crippen molar-refractivity contribution in [3.05, 3.63) is 69.7 Å². The van der Waals surface area contributed by atoms with Crippen LogP contribution in [0.2, 0.25) is 10.0 Å². The largest absolute Gasteiger partial charge is 0.352 e. The van der Waals surface area contributed by atoms with E-state index < -0.39 is 6.04 Å². The van der Waals surface area contributed by atoms with Crippen molar-refractivity contribution in [1.82, 2.24) is 10.2 Å². The van der Waals surface area contributed by atoms with Crippen molar-refractivity contribution in [1.29, 1.82) is 0 Å². The van der Waals surface area contributed by atoms with E-state index in [0.29, 0.717) is 23.0 Å². The van der Waals surface area contributed by atoms with E-state index in [9.17, 15) is 9.59 Å². The van der Waals surface area contributed by atoms with Crippen molar-refractivity contribution in [3.63, 3.8) is 0 Å². The third-order valence-corrected chi connectivity index (χ3v) is 5.58. The molecule has 0 aromatic heterocycles. The lowest BCUT2D eigenvalue weighted by Gasteiger charge is -2.30. The van der Waals surface area contributed by atoms with E-state index in [4.69, 9.17) is 23.2 Å². The van der Waals surface area contributed by atoms with Gasteiger partial charge in [-0.1, -0.05) is 60.5 Å². The van der Waals surface area contributed by atoms with Gasteiger partial charge >= 0.3 is 0 Å². The summed E-state index contributed by atoms with van der Waals surface area (Å²) in [5.41, 5.74) is 1.80. The first kappa shape index (κ1) is 23.2. The molecule has 0 unspecified atom stereocenters. The topological polar surface area (TPSA) is 49.4 Å². The van der Waals surface area contributed by atoms with E-state index in [1.807, 2.05) is 56.3 Å². The number of rotatable bonds is 9. The number of amides is 2. The Hall–Kier alpha value is -2.04. The van der Waals surface area contributed by atoms with Crippen molar-refractivity contribution in [2.24, 2.45) is 0 Å². The van der Waals surface area contributed by atoms with E-state index in [1.54, 1.807) is 17.9 Å². The van der Waals surface area contributed by atoms with Crippen molar-refractivity contribution in [2.75, 3.05) is 0 Å². The van der Waals surface area contributed by atoms with E-state index in [1.165, 1.54) is 0 Å². The predicted molar refractivity (Wildman–Crippen MR) is 119 cm³/mol. The van der Waals surface area contributed by atoms with Crippen LogP contribution in [-0.2, 0) is 22.6 Å². The Morgan fingerprint density at radius 1 is 1.07 bits per heavy atom. The molecule has 0 aliphatic heterocycles. The molecule has 2 amide bonds. The Balaban J connectivity index is 2.17. The molecule has 0 fully saturated rings. The zero-order chi connectivity index (χ0) is 21.4. The van der Waals surface area contributed by atoms with Crippen molar-refractivity contribution >= 4 is 35.0 Å². The second kappa shape index (κ2) is 11.2. The summed E-state index contributed by atoms with van der Waals surface area (Å²) in [5, 5.41) is 4.21. The van der Waals surface area contributed by atoms with Gasteiger partial charge in [0.25, 0.3) is 0 Å². The van der Waals surface area contributed by atoms with Gasteiger partial charge in [0.15, 0.2) is 0 Å². The van der Waals surface area contributed by atoms with Crippen LogP contribution in [0, 0.1) is 0 Å². The van der Waals surface area contributed by atoms with Crippen molar-refractivity contribution in [3.8, 4) is 0 Å². The monoisotopic (exact) mass is 434 g/mol. The minimum Gasteiger partial charge on any atom is -0.352 e. The van der Waals surface area contributed by atoms with Crippen LogP contribution in [0.15, 0.2) is 48.5 Å². The van der Waals surface area contributed by atoms with Gasteiger partial charge in [0.1, 0.15) is 6.04 Å². The fourth-order valence-corrected chi connectivity index (χ4v) is 3.41. The molecule has 2 atom stereocenters. The predicted octanol–water partition coefficient (Wildman–Crippen LogP) is 5.26. The molecule has 156 valence electrons. The summed E-state index contributed by atoms with van der Waals surface area (Å²) in [4.78, 5) is 27.4. The Kier molecular flexibility index (Phi) is 8.99. The number of hydrogen-bond acceptors (Lipinski definition) is 2. The minimum atomic E-state index is -0.596. The summed E-state index contributed by atoms with van der Waals surface area (Å²) in [6, 6.07) is 14.3. The van der Waals surface area contributed by atoms with Gasteiger partial charge in [0.05, 0.1) is 0 Å². The minimum absolute atomic E-state index is 0.0520. The molecular weight excluding hydrogens is 407 g/mol. The molecule has 29 heavy (non-hydrogen) atoms. The summed E-state index contributed by atoms with van der Waals surface area (Å²) in [6.45, 7) is 6.03. The van der Waals surface area contributed by atoms with Crippen LogP contribution in [0.3, 0.4) is 0 Å². The lowest BCUT2D eigenvalue weighted by atomic mass is 10.1. The zero-order valence-corrected chi connectivity index (χ0v) is 18.6. The summed E-state index contributed by atoms with van der Waals surface area (Å²) in [6.07, 6.45) is 1.61. The lowest BCUT2D eigenvalue weighted by molar-refractivity contribution is -0.140. The molecule has 0 saturated heterocycles. The SMILES string of the molecule is CC[C@@H](C)NC(=O)[C@@H](C)N(Cc1cccc(Cl)c1)C(=O)CCc1ccccc1Cl. The second-order valence-corrected chi connectivity index (χ2v) is 8.08. The maximum absolute atomic E-state index is 13.1. The van der Waals surface area contributed by atoms with Gasteiger partial charge in [0.2, 0.25) is 11.8 Å². The number of carbonyl (C=O) groups is 2. The maximum Gasteiger partial charge on any atom is 0.242 e. The Morgan fingerprint density at radius 2 is 1.79 bits per heavy atom. The third-order valence-electron chi connectivity index (χ3n) is 4.98. The van der Waals surface area contributed by atoms with Gasteiger partial charge in [-0.3, -0.25) is 9.59 Å². The first-order chi connectivity index (χ1) is 13.8. The van der Waals surface area contributed by atoms with Gasteiger partial charge in [-0.15, -0.1) is 0 Å². The molecular formula is C23H28Cl2N2O2. The summed E-state index contributed by atoms with van der Waals surface area (Å²) >= 11 is 12.3. The standard InChI is InChI=1S/C23H28Cl2N2O2/c1-4-16(2)26-23(29)17(3)27(15-18-8-7-10-20(24)14-18)22(28)13-12-19-9-5-6-11-21(19)25/h5-11,14,16-17H,4,12-13,15H2,1-3H3,(H,26,29)/t16-,17-/m1/s1. The summed E-state index contributed by atoms with van der Waals surface area (Å²) < 4.78 is 0. The van der Waals surface area contributed by atoms with Crippen molar-refractivity contribution < 1.29 is 9.59 Å². The molecule has 1 N–H and O–H groups in total. The maximum atomic E-state index is 13.1. The van der Waals surface area contributed by atoms with Gasteiger partial charge in [0, 0.05) is 29.1 Å². The highest BCUT2D eigenvalue weighted by Gasteiger charge is 2.26. The number of benzene rings is 2. The fraction of sp³-hybridized carbons (Fsp3) is 0.391. The van der Waals surface area contributed by atoms with E-state index >= 15 is 0 Å². The van der Waals surface area contributed by atoms with Crippen LogP contribution < -0.4 is 5.32 Å². The van der Waals surface area contributed by atoms with Crippen LogP contribution in [0.1, 0.15) is 44.7 Å². The summed E-state index contributed by atoms with van der Waals surface area (Å²) in [5.74, 6) is -0.260. The van der Waals surface area contributed by atoms with Gasteiger partial charge < -0.3 is 10.2 Å². The number of nitrogens with zero attached hydrogens (tertiary/aromatic N) is 1. The average molecular weight is 435 g/mol. The molecule has 0 radical (unpaired) electrons. The molecule has 2 rings (SSSR count). The third kappa shape index (κ3) is 7.06. The highest BCUT2D eigenvalue weighted by Crippen LogP contribution is 2.19. The van der Waals surface area contributed by atoms with Crippen LogP contribution in [0.25, 0.3) is 0 Å². The average Bonchev–Trinajstić information content (AvgIpc) is 2.70. The molecule has 0 spiro atoms. The van der Waals surface area contributed by atoms with Crippen LogP contribution in [0.5, 0.6) is 0 Å². The number of aryl methyl sites for hydroxylation is 1.